The summed E-state index contributed by atoms with van der Waals surface area (Å²) in [4.78, 5) is 0. The van der Waals surface area contributed by atoms with E-state index in [4.69, 9.17) is 0 Å². The predicted molar refractivity (Wildman–Crippen MR) is 202 cm³/mol. The second-order valence-corrected chi connectivity index (χ2v) is 12.4. The van der Waals surface area contributed by atoms with Gasteiger partial charge in [0, 0.05) is 16.5 Å². The fourth-order valence-electron chi connectivity index (χ4n) is 7.95. The lowest BCUT2D eigenvalue weighted by Crippen LogP contribution is -1.94. The number of nitrogens with zero attached hydrogens (tertiary/aromatic N) is 1. The highest BCUT2D eigenvalue weighted by molar-refractivity contribution is 6.32. The van der Waals surface area contributed by atoms with E-state index in [0.29, 0.717) is 0 Å². The van der Waals surface area contributed by atoms with Gasteiger partial charge in [0.25, 0.3) is 0 Å². The van der Waals surface area contributed by atoms with Crippen LogP contribution in [0.25, 0.3) is 92.8 Å². The molecular formula is C46H29N. The van der Waals surface area contributed by atoms with Crippen molar-refractivity contribution >= 4 is 64.9 Å². The maximum atomic E-state index is 2.45. The SMILES string of the molecule is c1ccc(-c2c3cccc(-c4ccc(-n5c6ccccc6c6ccccc65)cc4)c3cc3c4ccccc4c4ccccc4c23)cc1. The third-order valence-electron chi connectivity index (χ3n) is 9.97. The normalized spacial score (nSPS) is 11.8. The lowest BCUT2D eigenvalue weighted by atomic mass is 9.84. The Hall–Kier alpha value is -6.18. The molecule has 0 fully saturated rings. The van der Waals surface area contributed by atoms with Crippen molar-refractivity contribution < 1.29 is 0 Å². The summed E-state index contributed by atoms with van der Waals surface area (Å²) in [5.41, 5.74) is 8.61. The third kappa shape index (κ3) is 3.84. The summed E-state index contributed by atoms with van der Waals surface area (Å²) in [7, 11) is 0. The molecule has 0 saturated heterocycles. The summed E-state index contributed by atoms with van der Waals surface area (Å²) < 4.78 is 2.38. The number of hydrogen-bond acceptors (Lipinski definition) is 0. The predicted octanol–water partition coefficient (Wildman–Crippen LogP) is 12.7. The van der Waals surface area contributed by atoms with E-state index in [9.17, 15) is 0 Å². The van der Waals surface area contributed by atoms with E-state index in [-0.39, 0.29) is 0 Å². The molecule has 0 aliphatic heterocycles. The Morgan fingerprint density at radius 2 is 0.809 bits per heavy atom. The third-order valence-corrected chi connectivity index (χ3v) is 9.97. The minimum Gasteiger partial charge on any atom is -0.309 e. The van der Waals surface area contributed by atoms with Crippen molar-refractivity contribution in [2.75, 3.05) is 0 Å². The molecule has 1 nitrogen and oxygen atoms in total. The maximum absolute atomic E-state index is 2.45. The zero-order chi connectivity index (χ0) is 30.9. The van der Waals surface area contributed by atoms with Crippen LogP contribution in [0.4, 0.5) is 0 Å². The molecule has 0 atom stereocenters. The summed E-state index contributed by atoms with van der Waals surface area (Å²) in [5.74, 6) is 0. The highest BCUT2D eigenvalue weighted by Crippen LogP contribution is 2.46. The van der Waals surface area contributed by atoms with E-state index in [2.05, 4.69) is 180 Å². The molecule has 9 aromatic carbocycles. The van der Waals surface area contributed by atoms with Crippen molar-refractivity contribution in [3.63, 3.8) is 0 Å². The van der Waals surface area contributed by atoms with E-state index in [1.807, 2.05) is 0 Å². The van der Waals surface area contributed by atoms with Crippen molar-refractivity contribution in [1.82, 2.24) is 4.57 Å². The molecule has 10 rings (SSSR count). The van der Waals surface area contributed by atoms with Gasteiger partial charge in [0.15, 0.2) is 0 Å². The van der Waals surface area contributed by atoms with Gasteiger partial charge in [-0.1, -0.05) is 146 Å². The van der Waals surface area contributed by atoms with E-state index < -0.39 is 0 Å². The molecule has 1 aromatic heterocycles. The standard InChI is InChI=1S/C46H29N/c1-2-13-31(14-3-1)45-40-22-12-21-33(41(40)29-42-36-17-5-4-15-34(36)35-16-6-7-20-39(35)46(42)45)30-25-27-32(28-26-30)47-43-23-10-8-18-37(43)38-19-9-11-24-44(38)47/h1-29H. The van der Waals surface area contributed by atoms with Crippen LogP contribution in [0, 0.1) is 0 Å². The van der Waals surface area contributed by atoms with Crippen LogP contribution in [-0.2, 0) is 0 Å². The summed E-state index contributed by atoms with van der Waals surface area (Å²) >= 11 is 0. The molecule has 218 valence electrons. The zero-order valence-corrected chi connectivity index (χ0v) is 25.7. The topological polar surface area (TPSA) is 4.93 Å². The largest absolute Gasteiger partial charge is 0.309 e. The zero-order valence-electron chi connectivity index (χ0n) is 25.7. The van der Waals surface area contributed by atoms with Crippen LogP contribution in [0.3, 0.4) is 0 Å². The molecule has 0 unspecified atom stereocenters. The lowest BCUT2D eigenvalue weighted by molar-refractivity contribution is 1.18. The highest BCUT2D eigenvalue weighted by atomic mass is 15.0. The first kappa shape index (κ1) is 26.1. The van der Waals surface area contributed by atoms with Gasteiger partial charge in [-0.3, -0.25) is 0 Å². The molecule has 0 N–H and O–H groups in total. The molecule has 1 heterocycles. The first-order valence-electron chi connectivity index (χ1n) is 16.3. The Kier molecular flexibility index (Phi) is 5.64. The van der Waals surface area contributed by atoms with Crippen molar-refractivity contribution in [3.05, 3.63) is 176 Å². The smallest absolute Gasteiger partial charge is 0.0541 e. The molecular weight excluding hydrogens is 567 g/mol. The minimum atomic E-state index is 1.17. The minimum absolute atomic E-state index is 1.17. The van der Waals surface area contributed by atoms with Gasteiger partial charge < -0.3 is 4.57 Å². The Labute approximate surface area is 272 Å². The van der Waals surface area contributed by atoms with Crippen molar-refractivity contribution in [2.24, 2.45) is 0 Å². The lowest BCUT2D eigenvalue weighted by Gasteiger charge is -2.19. The second kappa shape index (κ2) is 10.2. The summed E-state index contributed by atoms with van der Waals surface area (Å²) in [6.45, 7) is 0. The molecule has 0 bridgehead atoms. The van der Waals surface area contributed by atoms with E-state index >= 15 is 0 Å². The van der Waals surface area contributed by atoms with E-state index in [1.165, 1.54) is 92.8 Å². The molecule has 10 aromatic rings. The summed E-state index contributed by atoms with van der Waals surface area (Å²) in [6.07, 6.45) is 0. The van der Waals surface area contributed by atoms with Crippen LogP contribution in [0.5, 0.6) is 0 Å². The fraction of sp³-hybridized carbons (Fsp3) is 0. The van der Waals surface area contributed by atoms with Crippen molar-refractivity contribution in [2.45, 2.75) is 0 Å². The van der Waals surface area contributed by atoms with Gasteiger partial charge in [-0.25, -0.2) is 0 Å². The molecule has 1 heteroatoms. The van der Waals surface area contributed by atoms with E-state index in [1.54, 1.807) is 0 Å². The molecule has 0 aliphatic rings. The highest BCUT2D eigenvalue weighted by Gasteiger charge is 2.18. The molecule has 0 saturated carbocycles. The quantitative estimate of drug-likeness (QED) is 0.141. The Bertz CT molecular complexity index is 2770. The number of aromatic nitrogens is 1. The molecule has 0 amide bonds. The van der Waals surface area contributed by atoms with Crippen LogP contribution in [0.2, 0.25) is 0 Å². The number of rotatable bonds is 3. The molecule has 0 spiro atoms. The Balaban J connectivity index is 1.26. The van der Waals surface area contributed by atoms with Gasteiger partial charge in [-0.15, -0.1) is 0 Å². The average Bonchev–Trinajstić information content (AvgIpc) is 3.49. The number of hydrogen-bond donors (Lipinski definition) is 0. The van der Waals surface area contributed by atoms with Gasteiger partial charge in [0.05, 0.1) is 11.0 Å². The Morgan fingerprint density at radius 1 is 0.298 bits per heavy atom. The molecule has 47 heavy (non-hydrogen) atoms. The van der Waals surface area contributed by atoms with Crippen LogP contribution >= 0.6 is 0 Å². The van der Waals surface area contributed by atoms with Crippen LogP contribution in [0.1, 0.15) is 0 Å². The van der Waals surface area contributed by atoms with Crippen molar-refractivity contribution in [1.29, 1.82) is 0 Å². The first-order chi connectivity index (χ1) is 23.3. The van der Waals surface area contributed by atoms with E-state index in [0.717, 1.165) is 0 Å². The molecule has 0 radical (unpaired) electrons. The number of fused-ring (bicyclic) bond motifs is 10. The monoisotopic (exact) mass is 595 g/mol. The van der Waals surface area contributed by atoms with Crippen LogP contribution in [-0.4, -0.2) is 4.57 Å². The van der Waals surface area contributed by atoms with Gasteiger partial charge in [-0.05, 0) is 95.7 Å². The summed E-state index contributed by atoms with van der Waals surface area (Å²) in [6, 6.07) is 64.5. The second-order valence-electron chi connectivity index (χ2n) is 12.4. The summed E-state index contributed by atoms with van der Waals surface area (Å²) in [5, 5.41) is 12.9. The van der Waals surface area contributed by atoms with Gasteiger partial charge in [0.2, 0.25) is 0 Å². The van der Waals surface area contributed by atoms with Crippen molar-refractivity contribution in [3.8, 4) is 27.9 Å². The maximum Gasteiger partial charge on any atom is 0.0541 e. The van der Waals surface area contributed by atoms with Crippen LogP contribution in [0.15, 0.2) is 176 Å². The Morgan fingerprint density at radius 3 is 1.47 bits per heavy atom. The number of para-hydroxylation sites is 2. The average molecular weight is 596 g/mol. The number of benzene rings is 9. The molecule has 0 aliphatic carbocycles. The first-order valence-corrected chi connectivity index (χ1v) is 16.3. The van der Waals surface area contributed by atoms with Gasteiger partial charge >= 0.3 is 0 Å². The van der Waals surface area contributed by atoms with Crippen LogP contribution < -0.4 is 0 Å². The van der Waals surface area contributed by atoms with Gasteiger partial charge in [0.1, 0.15) is 0 Å². The fourth-order valence-corrected chi connectivity index (χ4v) is 7.95. The van der Waals surface area contributed by atoms with Gasteiger partial charge in [-0.2, -0.15) is 0 Å².